The van der Waals surface area contributed by atoms with Crippen LogP contribution in [0.3, 0.4) is 0 Å². The number of esters is 2. The SMILES string of the molecule is C=C[NH3+].O=C1C=CC(=O)O1. The van der Waals surface area contributed by atoms with Gasteiger partial charge in [0.05, 0.1) is 6.20 Å². The van der Waals surface area contributed by atoms with Crippen molar-refractivity contribution in [1.29, 1.82) is 0 Å². The number of rotatable bonds is 0. The van der Waals surface area contributed by atoms with Gasteiger partial charge in [-0.15, -0.1) is 0 Å². The van der Waals surface area contributed by atoms with Gasteiger partial charge >= 0.3 is 11.9 Å². The molecule has 0 spiro atoms. The van der Waals surface area contributed by atoms with Crippen molar-refractivity contribution in [2.45, 2.75) is 0 Å². The molecule has 10 heavy (non-hydrogen) atoms. The molecule has 4 nitrogen and oxygen atoms in total. The lowest BCUT2D eigenvalue weighted by Gasteiger charge is -1.80. The molecule has 0 amide bonds. The molecule has 0 saturated heterocycles. The molecule has 1 aliphatic heterocycles. The molecule has 54 valence electrons. The number of cyclic esters (lactones) is 2. The van der Waals surface area contributed by atoms with Crippen molar-refractivity contribution in [2.24, 2.45) is 0 Å². The zero-order chi connectivity index (χ0) is 7.98. The van der Waals surface area contributed by atoms with Gasteiger partial charge in [0.1, 0.15) is 0 Å². The van der Waals surface area contributed by atoms with Crippen LogP contribution in [0.25, 0.3) is 0 Å². The summed E-state index contributed by atoms with van der Waals surface area (Å²) in [6.07, 6.45) is 3.67. The minimum Gasteiger partial charge on any atom is -0.387 e. The van der Waals surface area contributed by atoms with Crippen LogP contribution in [0.2, 0.25) is 0 Å². The predicted octanol–water partition coefficient (Wildman–Crippen LogP) is -1.00. The lowest BCUT2D eigenvalue weighted by atomic mass is 10.6. The lowest BCUT2D eigenvalue weighted by molar-refractivity contribution is -0.274. The average molecular weight is 142 g/mol. The Morgan fingerprint density at radius 3 is 1.80 bits per heavy atom. The number of hydrogen-bond acceptors (Lipinski definition) is 3. The van der Waals surface area contributed by atoms with E-state index in [-0.39, 0.29) is 0 Å². The highest BCUT2D eigenvalue weighted by Gasteiger charge is 2.10. The molecule has 0 unspecified atom stereocenters. The Hall–Kier alpha value is -1.42. The Labute approximate surface area is 58.0 Å². The Bertz CT molecular complexity index is 167. The number of quaternary nitrogens is 1. The number of carbonyl (C=O) groups is 2. The molecule has 0 saturated carbocycles. The van der Waals surface area contributed by atoms with Crippen LogP contribution in [0.4, 0.5) is 0 Å². The van der Waals surface area contributed by atoms with Crippen molar-refractivity contribution in [3.8, 4) is 0 Å². The fourth-order valence-electron chi connectivity index (χ4n) is 0.303. The van der Waals surface area contributed by atoms with Crippen molar-refractivity contribution in [3.05, 3.63) is 24.9 Å². The third-order valence-electron chi connectivity index (χ3n) is 0.557. The van der Waals surface area contributed by atoms with E-state index in [1.54, 1.807) is 0 Å². The first kappa shape index (κ1) is 8.58. The summed E-state index contributed by atoms with van der Waals surface area (Å²) in [5.41, 5.74) is 3.25. The number of hydrogen-bond donors (Lipinski definition) is 1. The van der Waals surface area contributed by atoms with Crippen LogP contribution in [0.5, 0.6) is 0 Å². The first-order valence-electron chi connectivity index (χ1n) is 2.54. The zero-order valence-corrected chi connectivity index (χ0v) is 5.37. The van der Waals surface area contributed by atoms with Gasteiger partial charge < -0.3 is 10.5 Å². The first-order chi connectivity index (χ1) is 4.70. The molecule has 4 heteroatoms. The summed E-state index contributed by atoms with van der Waals surface area (Å²) in [5, 5.41) is 0. The van der Waals surface area contributed by atoms with Crippen LogP contribution in [0, 0.1) is 0 Å². The third-order valence-corrected chi connectivity index (χ3v) is 0.557. The third kappa shape index (κ3) is 3.57. The number of carbonyl (C=O) groups excluding carboxylic acids is 2. The molecule has 0 radical (unpaired) electrons. The summed E-state index contributed by atoms with van der Waals surface area (Å²) < 4.78 is 3.97. The minimum absolute atomic E-state index is 0.579. The molecule has 1 aliphatic rings. The molecule has 3 N–H and O–H groups in total. The lowest BCUT2D eigenvalue weighted by Crippen LogP contribution is -2.38. The van der Waals surface area contributed by atoms with Crippen LogP contribution < -0.4 is 5.73 Å². The van der Waals surface area contributed by atoms with Crippen molar-refractivity contribution in [3.63, 3.8) is 0 Å². The topological polar surface area (TPSA) is 71.0 Å². The van der Waals surface area contributed by atoms with Crippen molar-refractivity contribution < 1.29 is 20.1 Å². The van der Waals surface area contributed by atoms with Gasteiger partial charge in [0.15, 0.2) is 0 Å². The Morgan fingerprint density at radius 2 is 1.70 bits per heavy atom. The van der Waals surface area contributed by atoms with Crippen LogP contribution in [-0.4, -0.2) is 11.9 Å². The van der Waals surface area contributed by atoms with E-state index in [1.807, 2.05) is 0 Å². The highest BCUT2D eigenvalue weighted by Crippen LogP contribution is 1.92. The second kappa shape index (κ2) is 4.46. The van der Waals surface area contributed by atoms with Crippen molar-refractivity contribution in [1.82, 2.24) is 0 Å². The Balaban J connectivity index is 0.000000236. The molecule has 0 aliphatic carbocycles. The van der Waals surface area contributed by atoms with E-state index >= 15 is 0 Å². The monoisotopic (exact) mass is 142 g/mol. The molecule has 0 aromatic carbocycles. The summed E-state index contributed by atoms with van der Waals surface area (Å²) in [5.74, 6) is -1.16. The maximum absolute atomic E-state index is 9.92. The number of ether oxygens (including phenoxy) is 1. The fourth-order valence-corrected chi connectivity index (χ4v) is 0.303. The fraction of sp³-hybridized carbons (Fsp3) is 0. The van der Waals surface area contributed by atoms with Gasteiger partial charge in [-0.1, -0.05) is 0 Å². The predicted molar refractivity (Wildman–Crippen MR) is 33.3 cm³/mol. The van der Waals surface area contributed by atoms with E-state index in [1.165, 1.54) is 6.20 Å². The van der Waals surface area contributed by atoms with E-state index < -0.39 is 11.9 Å². The van der Waals surface area contributed by atoms with Crippen LogP contribution >= 0.6 is 0 Å². The molecule has 1 heterocycles. The second-order valence-electron chi connectivity index (χ2n) is 1.36. The standard InChI is InChI=1S/C4H2O3.C2H5N/c5-3-1-2-4(6)7-3;1-2-3/h1-2H;2H,1,3H2/p+1. The van der Waals surface area contributed by atoms with E-state index in [0.29, 0.717) is 0 Å². The highest BCUT2D eigenvalue weighted by atomic mass is 16.6. The average Bonchev–Trinajstić information content (AvgIpc) is 2.17. The smallest absolute Gasteiger partial charge is 0.338 e. The van der Waals surface area contributed by atoms with Crippen LogP contribution in [0.1, 0.15) is 0 Å². The summed E-state index contributed by atoms with van der Waals surface area (Å²) in [4.78, 5) is 19.8. The molecule has 0 atom stereocenters. The highest BCUT2D eigenvalue weighted by molar-refractivity contribution is 6.04. The van der Waals surface area contributed by atoms with E-state index in [4.69, 9.17) is 0 Å². The quantitative estimate of drug-likeness (QED) is 0.348. The maximum Gasteiger partial charge on any atom is 0.338 e. The van der Waals surface area contributed by atoms with E-state index in [9.17, 15) is 9.59 Å². The molecular formula is C6H8NO3+. The zero-order valence-electron chi connectivity index (χ0n) is 5.37. The summed E-state index contributed by atoms with van der Waals surface area (Å²) in [7, 11) is 0. The van der Waals surface area contributed by atoms with Crippen molar-refractivity contribution >= 4 is 11.9 Å². The molecule has 0 aromatic rings. The van der Waals surface area contributed by atoms with Gasteiger partial charge in [-0.05, 0) is 6.58 Å². The molecule has 0 fully saturated rings. The summed E-state index contributed by atoms with van der Waals surface area (Å²) in [6.45, 7) is 3.25. The molecule has 1 rings (SSSR count). The van der Waals surface area contributed by atoms with E-state index in [2.05, 4.69) is 17.0 Å². The van der Waals surface area contributed by atoms with Crippen LogP contribution in [-0.2, 0) is 14.3 Å². The second-order valence-corrected chi connectivity index (χ2v) is 1.36. The molecule has 0 bridgehead atoms. The van der Waals surface area contributed by atoms with Crippen molar-refractivity contribution in [2.75, 3.05) is 0 Å². The van der Waals surface area contributed by atoms with Gasteiger partial charge in [0.25, 0.3) is 0 Å². The minimum atomic E-state index is -0.579. The Morgan fingerprint density at radius 1 is 1.40 bits per heavy atom. The summed E-state index contributed by atoms with van der Waals surface area (Å²) in [6, 6.07) is 0. The first-order valence-corrected chi connectivity index (χ1v) is 2.54. The largest absolute Gasteiger partial charge is 0.387 e. The van der Waals surface area contributed by atoms with Gasteiger partial charge in [-0.3, -0.25) is 0 Å². The Kier molecular flexibility index (Phi) is 3.83. The van der Waals surface area contributed by atoms with E-state index in [0.717, 1.165) is 12.2 Å². The van der Waals surface area contributed by atoms with Crippen LogP contribution in [0.15, 0.2) is 24.9 Å². The molecule has 0 aromatic heterocycles. The molecular weight excluding hydrogens is 134 g/mol. The summed E-state index contributed by atoms with van der Waals surface area (Å²) >= 11 is 0. The maximum atomic E-state index is 9.92. The van der Waals surface area contributed by atoms with Gasteiger partial charge in [0, 0.05) is 12.2 Å². The van der Waals surface area contributed by atoms with Gasteiger partial charge in [0.2, 0.25) is 0 Å². The van der Waals surface area contributed by atoms with Gasteiger partial charge in [-0.2, -0.15) is 0 Å². The normalized spacial score (nSPS) is 13.7. The van der Waals surface area contributed by atoms with Gasteiger partial charge in [-0.25, -0.2) is 9.59 Å².